The van der Waals surface area contributed by atoms with Crippen LogP contribution in [0.1, 0.15) is 46.5 Å². The van der Waals surface area contributed by atoms with Crippen molar-refractivity contribution in [2.45, 2.75) is 57.3 Å². The van der Waals surface area contributed by atoms with Crippen molar-refractivity contribution in [1.82, 2.24) is 5.32 Å². The van der Waals surface area contributed by atoms with Crippen LogP contribution < -0.4 is 5.32 Å². The fourth-order valence-corrected chi connectivity index (χ4v) is 2.17. The molecule has 0 aliphatic heterocycles. The molecule has 0 spiro atoms. The summed E-state index contributed by atoms with van der Waals surface area (Å²) in [6, 6.07) is 0.393. The van der Waals surface area contributed by atoms with Gasteiger partial charge in [-0.05, 0) is 31.1 Å². The van der Waals surface area contributed by atoms with E-state index >= 15 is 0 Å². The van der Waals surface area contributed by atoms with Gasteiger partial charge in [-0.2, -0.15) is 0 Å². The number of hydrogen-bond acceptors (Lipinski definition) is 1. The van der Waals surface area contributed by atoms with Crippen molar-refractivity contribution in [3.63, 3.8) is 0 Å². The van der Waals surface area contributed by atoms with Gasteiger partial charge in [0.05, 0.1) is 4.83 Å². The van der Waals surface area contributed by atoms with Crippen LogP contribution in [0.15, 0.2) is 0 Å². The molecule has 0 aromatic carbocycles. The standard InChI is InChI=1S/C11H20BrNO/c1-4-9(12)10(14)13-8-5-6-11(2,3)7-8/h8-9H,4-7H2,1-3H3,(H,13,14). The summed E-state index contributed by atoms with van der Waals surface area (Å²) < 4.78 is 0. The van der Waals surface area contributed by atoms with E-state index in [-0.39, 0.29) is 10.7 Å². The maximum atomic E-state index is 11.6. The van der Waals surface area contributed by atoms with Crippen LogP contribution in [0.3, 0.4) is 0 Å². The number of carbonyl (C=O) groups excluding carboxylic acids is 1. The Kier molecular flexibility index (Phi) is 3.99. The van der Waals surface area contributed by atoms with Crippen LogP contribution in [0.5, 0.6) is 0 Å². The van der Waals surface area contributed by atoms with Gasteiger partial charge >= 0.3 is 0 Å². The smallest absolute Gasteiger partial charge is 0.233 e. The minimum atomic E-state index is -0.0220. The van der Waals surface area contributed by atoms with Crippen molar-refractivity contribution in [1.29, 1.82) is 0 Å². The highest BCUT2D eigenvalue weighted by molar-refractivity contribution is 9.10. The maximum absolute atomic E-state index is 11.6. The second kappa shape index (κ2) is 4.65. The van der Waals surface area contributed by atoms with Gasteiger partial charge in [-0.25, -0.2) is 0 Å². The van der Waals surface area contributed by atoms with Crippen LogP contribution in [0.4, 0.5) is 0 Å². The molecule has 1 aliphatic rings. The molecule has 1 aliphatic carbocycles. The quantitative estimate of drug-likeness (QED) is 0.778. The third-order valence-corrected chi connectivity index (χ3v) is 4.02. The van der Waals surface area contributed by atoms with E-state index in [1.54, 1.807) is 0 Å². The third-order valence-electron chi connectivity index (χ3n) is 2.96. The molecular weight excluding hydrogens is 242 g/mol. The summed E-state index contributed by atoms with van der Waals surface area (Å²) in [5.74, 6) is 0.148. The molecule has 82 valence electrons. The summed E-state index contributed by atoms with van der Waals surface area (Å²) in [5, 5.41) is 3.10. The number of rotatable bonds is 3. The Morgan fingerprint density at radius 2 is 2.29 bits per heavy atom. The number of amides is 1. The minimum absolute atomic E-state index is 0.0220. The van der Waals surface area contributed by atoms with Crippen LogP contribution in [0, 0.1) is 5.41 Å². The minimum Gasteiger partial charge on any atom is -0.352 e. The summed E-state index contributed by atoms with van der Waals surface area (Å²) in [7, 11) is 0. The van der Waals surface area contributed by atoms with E-state index < -0.39 is 0 Å². The molecule has 2 atom stereocenters. The molecule has 0 bridgehead atoms. The van der Waals surface area contributed by atoms with Gasteiger partial charge in [-0.3, -0.25) is 4.79 Å². The van der Waals surface area contributed by atoms with Crippen molar-refractivity contribution < 1.29 is 4.79 Å². The Morgan fingerprint density at radius 1 is 1.64 bits per heavy atom. The fraction of sp³-hybridized carbons (Fsp3) is 0.909. The van der Waals surface area contributed by atoms with Gasteiger partial charge in [-0.1, -0.05) is 36.7 Å². The molecular formula is C11H20BrNO. The lowest BCUT2D eigenvalue weighted by atomic mass is 9.92. The SMILES string of the molecule is CCC(Br)C(=O)NC1CCC(C)(C)C1. The number of carbonyl (C=O) groups is 1. The second-order valence-electron chi connectivity index (χ2n) is 4.99. The molecule has 0 radical (unpaired) electrons. The summed E-state index contributed by atoms with van der Waals surface area (Å²) in [4.78, 5) is 11.6. The van der Waals surface area contributed by atoms with Crippen LogP contribution >= 0.6 is 15.9 Å². The van der Waals surface area contributed by atoms with Gasteiger partial charge in [0.25, 0.3) is 0 Å². The van der Waals surface area contributed by atoms with Crippen molar-refractivity contribution in [3.05, 3.63) is 0 Å². The Bertz CT molecular complexity index is 215. The monoisotopic (exact) mass is 261 g/mol. The van der Waals surface area contributed by atoms with Crippen LogP contribution in [0.2, 0.25) is 0 Å². The van der Waals surface area contributed by atoms with Gasteiger partial charge < -0.3 is 5.32 Å². The van der Waals surface area contributed by atoms with E-state index in [0.717, 1.165) is 19.3 Å². The highest BCUT2D eigenvalue weighted by Gasteiger charge is 2.32. The molecule has 1 rings (SSSR count). The molecule has 1 fully saturated rings. The fourth-order valence-electron chi connectivity index (χ4n) is 2.04. The van der Waals surface area contributed by atoms with E-state index in [0.29, 0.717) is 11.5 Å². The summed E-state index contributed by atoms with van der Waals surface area (Å²) in [6.45, 7) is 6.55. The topological polar surface area (TPSA) is 29.1 Å². The van der Waals surface area contributed by atoms with Crippen LogP contribution in [-0.4, -0.2) is 16.8 Å². The number of hydrogen-bond donors (Lipinski definition) is 1. The first-order valence-electron chi connectivity index (χ1n) is 5.39. The van der Waals surface area contributed by atoms with Gasteiger partial charge in [0.2, 0.25) is 5.91 Å². The molecule has 1 N–H and O–H groups in total. The molecule has 0 saturated heterocycles. The average molecular weight is 262 g/mol. The maximum Gasteiger partial charge on any atom is 0.233 e. The summed E-state index contributed by atoms with van der Waals surface area (Å²) in [6.07, 6.45) is 4.31. The van der Waals surface area contributed by atoms with Crippen molar-refractivity contribution in [3.8, 4) is 0 Å². The molecule has 2 unspecified atom stereocenters. The molecule has 1 amide bonds. The summed E-state index contributed by atoms with van der Waals surface area (Å²) in [5.41, 5.74) is 0.409. The lowest BCUT2D eigenvalue weighted by molar-refractivity contribution is -0.121. The van der Waals surface area contributed by atoms with Crippen LogP contribution in [0.25, 0.3) is 0 Å². The highest BCUT2D eigenvalue weighted by atomic mass is 79.9. The lowest BCUT2D eigenvalue weighted by Crippen LogP contribution is -2.38. The molecule has 0 heterocycles. The van der Waals surface area contributed by atoms with Gasteiger partial charge in [-0.15, -0.1) is 0 Å². The predicted octanol–water partition coefficient (Wildman–Crippen LogP) is 2.85. The van der Waals surface area contributed by atoms with E-state index in [1.807, 2.05) is 6.92 Å². The molecule has 0 aromatic rings. The molecule has 14 heavy (non-hydrogen) atoms. The van der Waals surface area contributed by atoms with E-state index in [2.05, 4.69) is 35.1 Å². The Labute approximate surface area is 95.0 Å². The van der Waals surface area contributed by atoms with Gasteiger partial charge in [0, 0.05) is 6.04 Å². The average Bonchev–Trinajstić information content (AvgIpc) is 2.44. The van der Waals surface area contributed by atoms with Crippen molar-refractivity contribution in [2.24, 2.45) is 5.41 Å². The molecule has 1 saturated carbocycles. The van der Waals surface area contributed by atoms with Crippen molar-refractivity contribution in [2.75, 3.05) is 0 Å². The zero-order valence-electron chi connectivity index (χ0n) is 9.27. The zero-order valence-corrected chi connectivity index (χ0v) is 10.9. The summed E-state index contributed by atoms with van der Waals surface area (Å²) >= 11 is 3.37. The Morgan fingerprint density at radius 3 is 2.71 bits per heavy atom. The molecule has 0 aromatic heterocycles. The van der Waals surface area contributed by atoms with E-state index in [4.69, 9.17) is 0 Å². The second-order valence-corrected chi connectivity index (χ2v) is 6.09. The third kappa shape index (κ3) is 3.26. The number of halogens is 1. The Balaban J connectivity index is 2.36. The first kappa shape index (κ1) is 12.0. The number of nitrogens with one attached hydrogen (secondary N) is 1. The predicted molar refractivity (Wildman–Crippen MR) is 62.6 cm³/mol. The first-order valence-corrected chi connectivity index (χ1v) is 6.30. The lowest BCUT2D eigenvalue weighted by Gasteiger charge is -2.18. The van der Waals surface area contributed by atoms with Crippen LogP contribution in [-0.2, 0) is 4.79 Å². The molecule has 3 heteroatoms. The first-order chi connectivity index (χ1) is 6.44. The van der Waals surface area contributed by atoms with Gasteiger partial charge in [0.15, 0.2) is 0 Å². The zero-order chi connectivity index (χ0) is 10.8. The van der Waals surface area contributed by atoms with Crippen molar-refractivity contribution >= 4 is 21.8 Å². The normalized spacial score (nSPS) is 27.3. The molecule has 2 nitrogen and oxygen atoms in total. The van der Waals surface area contributed by atoms with Gasteiger partial charge in [0.1, 0.15) is 0 Å². The number of alkyl halides is 1. The highest BCUT2D eigenvalue weighted by Crippen LogP contribution is 2.36. The largest absolute Gasteiger partial charge is 0.352 e. The van der Waals surface area contributed by atoms with E-state index in [1.165, 1.54) is 6.42 Å². The Hall–Kier alpha value is -0.0500. The van der Waals surface area contributed by atoms with E-state index in [9.17, 15) is 4.79 Å².